The quantitative estimate of drug-likeness (QED) is 0.181. The number of aliphatic hydroxyl groups is 1. The Morgan fingerprint density at radius 2 is 1.08 bits per heavy atom. The van der Waals surface area contributed by atoms with Crippen LogP contribution in [0.5, 0.6) is 0 Å². The highest BCUT2D eigenvalue weighted by molar-refractivity contribution is 6.30. The number of nitrogens with zero attached hydrogens (tertiary/aromatic N) is 8. The summed E-state index contributed by atoms with van der Waals surface area (Å²) in [7, 11) is 9.59. The normalized spacial score (nSPS) is 25.4. The number of carbonyl (C=O) groups is 12. The monoisotopic (exact) mass is 1400 g/mol. The zero-order valence-electron chi connectivity index (χ0n) is 62.1. The van der Waals surface area contributed by atoms with Gasteiger partial charge in [-0.1, -0.05) is 109 Å². The number of aliphatic hydroxyl groups excluding tert-OH is 1. The highest BCUT2D eigenvalue weighted by atomic mass is 35.5. The fraction of sp³-hybridized carbons (Fsp3) is 0.667. The maximum Gasteiger partial charge on any atom is 0.248 e. The van der Waals surface area contributed by atoms with Gasteiger partial charge in [-0.15, -0.1) is 0 Å². The highest BCUT2D eigenvalue weighted by Gasteiger charge is 2.45. The molecule has 552 valence electrons. The van der Waals surface area contributed by atoms with Crippen LogP contribution in [0.15, 0.2) is 54.6 Å². The van der Waals surface area contributed by atoms with Gasteiger partial charge in [0.2, 0.25) is 70.9 Å². The number of carbonyl (C=O) groups excluding carboxylic acids is 12. The number of hydrogen-bond acceptors (Lipinski definition) is 14. The van der Waals surface area contributed by atoms with Crippen LogP contribution in [-0.4, -0.2) is 263 Å². The summed E-state index contributed by atoms with van der Waals surface area (Å²) in [5.74, 6) is -10.8. The Labute approximate surface area is 591 Å². The van der Waals surface area contributed by atoms with Gasteiger partial charge >= 0.3 is 0 Å². The topological polar surface area (TPSA) is 308 Å². The number of nitrogens with one attached hydrogen (secondary N) is 4. The lowest BCUT2D eigenvalue weighted by Crippen LogP contribution is -2.63. The van der Waals surface area contributed by atoms with E-state index in [2.05, 4.69) is 21.3 Å². The van der Waals surface area contributed by atoms with E-state index in [1.807, 2.05) is 27.7 Å². The maximum absolute atomic E-state index is 15.6. The predicted octanol–water partition coefficient (Wildman–Crippen LogP) is 3.52. The summed E-state index contributed by atoms with van der Waals surface area (Å²) in [4.78, 5) is 189. The molecule has 4 rings (SSSR count). The summed E-state index contributed by atoms with van der Waals surface area (Å²) in [6.45, 7) is 21.6. The second-order valence-corrected chi connectivity index (χ2v) is 29.8. The first kappa shape index (κ1) is 83.7. The lowest BCUT2D eigenvalue weighted by Gasteiger charge is -2.40. The summed E-state index contributed by atoms with van der Waals surface area (Å²) in [6.07, 6.45) is -0.102. The first-order valence-corrected chi connectivity index (χ1v) is 34.9. The van der Waals surface area contributed by atoms with Crippen molar-refractivity contribution in [1.82, 2.24) is 60.5 Å². The van der Waals surface area contributed by atoms with Crippen molar-refractivity contribution in [3.05, 3.63) is 70.7 Å². The summed E-state index contributed by atoms with van der Waals surface area (Å²) in [6, 6.07) is 1.54. The number of amides is 12. The molecule has 27 heteroatoms. The minimum atomic E-state index is -1.67. The van der Waals surface area contributed by atoms with Gasteiger partial charge in [-0.2, -0.15) is 0 Å². The Bertz CT molecular complexity index is 3140. The van der Waals surface area contributed by atoms with Crippen molar-refractivity contribution in [3.8, 4) is 0 Å². The Hall–Kier alpha value is -7.71. The van der Waals surface area contributed by atoms with Crippen molar-refractivity contribution in [2.45, 2.75) is 213 Å². The summed E-state index contributed by atoms with van der Waals surface area (Å²) < 4.78 is 6.19. The molecule has 0 unspecified atom stereocenters. The molecular weight excluding hydrogens is 1290 g/mol. The Morgan fingerprint density at radius 3 is 1.63 bits per heavy atom. The van der Waals surface area contributed by atoms with Crippen molar-refractivity contribution in [2.24, 2.45) is 23.7 Å². The molecule has 26 nitrogen and oxygen atoms in total. The molecule has 0 radical (unpaired) electrons. The molecule has 2 saturated heterocycles. The first-order valence-electron chi connectivity index (χ1n) is 34.5. The van der Waals surface area contributed by atoms with Gasteiger partial charge in [0.05, 0.1) is 31.3 Å². The van der Waals surface area contributed by atoms with Gasteiger partial charge in [0.15, 0.2) is 0 Å². The average Bonchev–Trinajstić information content (AvgIpc) is 0.823. The van der Waals surface area contributed by atoms with Crippen LogP contribution in [-0.2, 0) is 75.1 Å². The third kappa shape index (κ3) is 23.7. The summed E-state index contributed by atoms with van der Waals surface area (Å²) >= 11 is 6.44. The molecule has 0 bridgehead atoms. The number of ether oxygens (including phenoxy) is 1. The Morgan fingerprint density at radius 1 is 0.556 bits per heavy atom. The SMILES string of the molecule is CC(C)C[C@H]1C(=O)N[C@@H](COC(C)(C)C)C(=O)N(C)[C@@H](Cc2ccccc2)C(=O)N(C)[C@@H](CC(C)C)C(=O)N(C)[C@H](C(=O)N2CCCCC2)CC(=O)N[C@H](C)C(=O)N(C)[C@@H](Cc2cccc(Cl)c2)C(=O)N[C@@H](C(C)C)C(=O)N(C)[C@@H](C(C)C)C(=O)N[C@@H]([C@@H](C)O)C(=O)N(C)CC(=O)N1C. The van der Waals surface area contributed by atoms with Crippen LogP contribution in [0.3, 0.4) is 0 Å². The molecule has 12 amide bonds. The molecule has 0 aliphatic carbocycles. The predicted molar refractivity (Wildman–Crippen MR) is 377 cm³/mol. The molecule has 5 N–H and O–H groups in total. The molecule has 0 spiro atoms. The zero-order chi connectivity index (χ0) is 74.8. The first-order chi connectivity index (χ1) is 46.1. The average molecular weight is 1410 g/mol. The van der Waals surface area contributed by atoms with Gasteiger partial charge in [-0.3, -0.25) is 57.5 Å². The van der Waals surface area contributed by atoms with Crippen molar-refractivity contribution in [1.29, 1.82) is 0 Å². The fourth-order valence-electron chi connectivity index (χ4n) is 12.4. The van der Waals surface area contributed by atoms with E-state index in [0.29, 0.717) is 42.1 Å². The van der Waals surface area contributed by atoms with Crippen LogP contribution in [0.1, 0.15) is 140 Å². The van der Waals surface area contributed by atoms with Crippen LogP contribution in [0.25, 0.3) is 0 Å². The third-order valence-corrected chi connectivity index (χ3v) is 18.6. The number of benzene rings is 2. The lowest BCUT2D eigenvalue weighted by molar-refractivity contribution is -0.155. The minimum absolute atomic E-state index is 0.0598. The van der Waals surface area contributed by atoms with E-state index in [1.165, 1.54) is 73.0 Å². The number of likely N-dealkylation sites (tertiary alicyclic amines) is 1. The largest absolute Gasteiger partial charge is 0.391 e. The molecule has 2 aliphatic heterocycles. The molecule has 2 heterocycles. The van der Waals surface area contributed by atoms with E-state index in [9.17, 15) is 48.3 Å². The molecule has 99 heavy (non-hydrogen) atoms. The van der Waals surface area contributed by atoms with E-state index >= 15 is 14.4 Å². The zero-order valence-corrected chi connectivity index (χ0v) is 62.8. The minimum Gasteiger partial charge on any atom is -0.391 e. The molecule has 2 fully saturated rings. The van der Waals surface area contributed by atoms with Crippen LogP contribution in [0, 0.1) is 23.7 Å². The van der Waals surface area contributed by atoms with Crippen LogP contribution in [0.4, 0.5) is 0 Å². The maximum atomic E-state index is 15.6. The highest BCUT2D eigenvalue weighted by Crippen LogP contribution is 2.25. The summed E-state index contributed by atoms with van der Waals surface area (Å²) in [5, 5.41) is 22.5. The van der Waals surface area contributed by atoms with Crippen molar-refractivity contribution < 1.29 is 67.4 Å². The molecule has 2 aromatic carbocycles. The van der Waals surface area contributed by atoms with Crippen molar-refractivity contribution in [2.75, 3.05) is 75.6 Å². The van der Waals surface area contributed by atoms with Gasteiger partial charge in [0.1, 0.15) is 60.4 Å². The van der Waals surface area contributed by atoms with Gasteiger partial charge in [0.25, 0.3) is 0 Å². The molecule has 11 atom stereocenters. The second-order valence-electron chi connectivity index (χ2n) is 29.3. The molecule has 0 aromatic heterocycles. The van der Waals surface area contributed by atoms with E-state index in [0.717, 1.165) is 30.9 Å². The van der Waals surface area contributed by atoms with E-state index in [4.69, 9.17) is 16.3 Å². The number of piperidine rings is 1. The molecular formula is C72H113ClN12O14. The second kappa shape index (κ2) is 37.6. The summed E-state index contributed by atoms with van der Waals surface area (Å²) in [5.41, 5.74) is 0.298. The number of halogens is 1. The van der Waals surface area contributed by atoms with Crippen LogP contribution in [0.2, 0.25) is 5.02 Å². The van der Waals surface area contributed by atoms with E-state index in [1.54, 1.807) is 108 Å². The van der Waals surface area contributed by atoms with Crippen LogP contribution < -0.4 is 21.3 Å². The van der Waals surface area contributed by atoms with E-state index < -0.39 is 174 Å². The standard InChI is InChI=1S/C72H113ClN12O14/c1-42(2)34-52-62(89)75-51(41-99-72(11,12)13)66(93)81(17)55(37-48-28-23-21-24-29-48)68(95)82(18)54(35-43(3)4)67(94)83(19)56(69(96)85-32-25-22-26-33-85)39-57(87)74-46(9)65(92)80(16)53(38-49-30-27-31-50(73)36-49)63(90)76-59(44(5)6)71(98)84(20)61(45(7)8)64(91)77-60(47(10)86)70(97)78(14)40-58(88)79(52)15/h21,23-24,27-31,36,42-47,51-56,59-61,86H,22,25-26,32-35,37-41H2,1-20H3,(H,74,87)(H,75,89)(H,76,90)(H,77,91)/t46-,47-,51+,52+,53+,54+,55+,56+,59+,60+,61+/m1/s1. The Kier molecular flexibility index (Phi) is 31.8. The van der Waals surface area contributed by atoms with Gasteiger partial charge in [0, 0.05) is 80.3 Å². The Balaban J connectivity index is 1.98. The smallest absolute Gasteiger partial charge is 0.248 e. The van der Waals surface area contributed by atoms with Gasteiger partial charge < -0.3 is 70.3 Å². The lowest BCUT2D eigenvalue weighted by atomic mass is 9.96. The van der Waals surface area contributed by atoms with E-state index in [-0.39, 0.29) is 37.5 Å². The number of rotatable bonds is 14. The van der Waals surface area contributed by atoms with Crippen molar-refractivity contribution >= 4 is 82.5 Å². The number of hydrogen-bond donors (Lipinski definition) is 5. The molecule has 2 aromatic rings. The van der Waals surface area contributed by atoms with Crippen molar-refractivity contribution in [3.63, 3.8) is 0 Å². The number of likely N-dealkylation sites (N-methyl/N-ethyl adjacent to an activating group) is 7. The van der Waals surface area contributed by atoms with Gasteiger partial charge in [-0.25, -0.2) is 0 Å². The third-order valence-electron chi connectivity index (χ3n) is 18.3. The van der Waals surface area contributed by atoms with Crippen LogP contribution >= 0.6 is 11.6 Å². The molecule has 2 aliphatic rings. The molecule has 0 saturated carbocycles. The van der Waals surface area contributed by atoms with Gasteiger partial charge in [-0.05, 0) is 114 Å². The fourth-order valence-corrected chi connectivity index (χ4v) is 12.6.